The van der Waals surface area contributed by atoms with Gasteiger partial charge in [0, 0.05) is 15.4 Å². The van der Waals surface area contributed by atoms with Crippen molar-refractivity contribution in [1.29, 1.82) is 5.26 Å². The molecule has 2 aromatic rings. The zero-order chi connectivity index (χ0) is 10.1. The Hall–Kier alpha value is -0.920. The van der Waals surface area contributed by atoms with E-state index in [0.717, 1.165) is 10.3 Å². The topological polar surface area (TPSA) is 23.8 Å². The van der Waals surface area contributed by atoms with E-state index in [2.05, 4.69) is 15.9 Å². The van der Waals surface area contributed by atoms with Crippen LogP contribution < -0.4 is 0 Å². The highest BCUT2D eigenvalue weighted by Crippen LogP contribution is 2.30. The van der Waals surface area contributed by atoms with Crippen LogP contribution in [-0.2, 0) is 5.33 Å². The molecule has 4 heteroatoms. The predicted octanol–water partition coefficient (Wildman–Crippen LogP) is 3.81. The number of alkyl halides is 1. The van der Waals surface area contributed by atoms with E-state index in [1.165, 1.54) is 11.3 Å². The average molecular weight is 270 g/mol. The van der Waals surface area contributed by atoms with Gasteiger partial charge in [0.15, 0.2) is 0 Å². The number of hydrogen-bond acceptors (Lipinski definition) is 2. The van der Waals surface area contributed by atoms with Crippen LogP contribution in [0.1, 0.15) is 11.1 Å². The highest BCUT2D eigenvalue weighted by atomic mass is 79.9. The molecule has 0 radical (unpaired) electrons. The first kappa shape index (κ1) is 9.63. The summed E-state index contributed by atoms with van der Waals surface area (Å²) in [6.07, 6.45) is 0. The van der Waals surface area contributed by atoms with Gasteiger partial charge in [0.25, 0.3) is 0 Å². The van der Waals surface area contributed by atoms with Gasteiger partial charge in [0.1, 0.15) is 11.9 Å². The van der Waals surface area contributed by atoms with Crippen LogP contribution in [0, 0.1) is 17.1 Å². The maximum atomic E-state index is 13.6. The lowest BCUT2D eigenvalue weighted by atomic mass is 10.1. The van der Waals surface area contributed by atoms with Crippen LogP contribution in [-0.4, -0.2) is 0 Å². The van der Waals surface area contributed by atoms with Crippen LogP contribution in [0.5, 0.6) is 0 Å². The molecule has 0 fully saturated rings. The Morgan fingerprint density at radius 3 is 3.00 bits per heavy atom. The molecule has 1 heterocycles. The average Bonchev–Trinajstić information content (AvgIpc) is 2.68. The standard InChI is InChI=1S/C10H5BrFNS/c11-4-6-3-7(5-13)9(12)8-1-2-14-10(6)8/h1-3H,4H2. The summed E-state index contributed by atoms with van der Waals surface area (Å²) < 4.78 is 14.5. The molecule has 0 saturated carbocycles. The Morgan fingerprint density at radius 1 is 1.57 bits per heavy atom. The number of benzene rings is 1. The highest BCUT2D eigenvalue weighted by Gasteiger charge is 2.11. The van der Waals surface area contributed by atoms with Gasteiger partial charge in [0.05, 0.1) is 5.56 Å². The molecule has 0 saturated heterocycles. The molecular weight excluding hydrogens is 265 g/mol. The molecule has 2 rings (SSSR count). The van der Waals surface area contributed by atoms with Crippen molar-refractivity contribution in [1.82, 2.24) is 0 Å². The quantitative estimate of drug-likeness (QED) is 0.723. The van der Waals surface area contributed by atoms with Gasteiger partial charge in [-0.1, -0.05) is 15.9 Å². The van der Waals surface area contributed by atoms with Gasteiger partial charge in [-0.05, 0) is 23.1 Å². The molecule has 0 unspecified atom stereocenters. The number of hydrogen-bond donors (Lipinski definition) is 0. The summed E-state index contributed by atoms with van der Waals surface area (Å²) in [7, 11) is 0. The van der Waals surface area contributed by atoms with Gasteiger partial charge < -0.3 is 0 Å². The Labute approximate surface area is 92.9 Å². The molecule has 0 aliphatic heterocycles. The lowest BCUT2D eigenvalue weighted by molar-refractivity contribution is 0.636. The maximum Gasteiger partial charge on any atom is 0.149 e. The van der Waals surface area contributed by atoms with Gasteiger partial charge in [-0.3, -0.25) is 0 Å². The fraction of sp³-hybridized carbons (Fsp3) is 0.100. The SMILES string of the molecule is N#Cc1cc(CBr)c2sccc2c1F. The van der Waals surface area contributed by atoms with E-state index in [4.69, 9.17) is 5.26 Å². The first-order valence-corrected chi connectivity index (χ1v) is 5.92. The lowest BCUT2D eigenvalue weighted by Gasteiger charge is -2.01. The summed E-state index contributed by atoms with van der Waals surface area (Å²) in [5.74, 6) is -0.409. The van der Waals surface area contributed by atoms with Crippen molar-refractivity contribution in [3.05, 3.63) is 34.5 Å². The molecule has 0 amide bonds. The summed E-state index contributed by atoms with van der Waals surface area (Å²) in [5.41, 5.74) is 1.08. The number of nitrogens with zero attached hydrogens (tertiary/aromatic N) is 1. The van der Waals surface area contributed by atoms with Gasteiger partial charge in [-0.15, -0.1) is 11.3 Å². The fourth-order valence-corrected chi connectivity index (χ4v) is 2.89. The number of thiophene rings is 1. The third-order valence-corrected chi connectivity index (χ3v) is 3.61. The monoisotopic (exact) mass is 269 g/mol. The van der Waals surface area contributed by atoms with Crippen LogP contribution in [0.15, 0.2) is 17.5 Å². The second-order valence-electron chi connectivity index (χ2n) is 2.81. The van der Waals surface area contributed by atoms with E-state index in [1.54, 1.807) is 12.1 Å². The summed E-state index contributed by atoms with van der Waals surface area (Å²) in [6.45, 7) is 0. The van der Waals surface area contributed by atoms with E-state index in [-0.39, 0.29) is 5.56 Å². The van der Waals surface area contributed by atoms with Gasteiger partial charge in [-0.2, -0.15) is 5.26 Å². The molecule has 1 aromatic carbocycles. The Bertz CT molecular complexity index is 527. The second-order valence-corrected chi connectivity index (χ2v) is 4.28. The molecule has 0 N–H and O–H groups in total. The summed E-state index contributed by atoms with van der Waals surface area (Å²) >= 11 is 4.82. The van der Waals surface area contributed by atoms with Crippen LogP contribution in [0.25, 0.3) is 10.1 Å². The molecule has 0 aliphatic carbocycles. The summed E-state index contributed by atoms with van der Waals surface area (Å²) in [5, 5.41) is 11.8. The maximum absolute atomic E-state index is 13.6. The van der Waals surface area contributed by atoms with Crippen LogP contribution in [0.4, 0.5) is 4.39 Å². The van der Waals surface area contributed by atoms with Crippen molar-refractivity contribution in [2.45, 2.75) is 5.33 Å². The first-order valence-electron chi connectivity index (χ1n) is 3.92. The number of halogens is 2. The highest BCUT2D eigenvalue weighted by molar-refractivity contribution is 9.08. The lowest BCUT2D eigenvalue weighted by Crippen LogP contribution is -1.88. The molecule has 0 bridgehead atoms. The minimum absolute atomic E-state index is 0.116. The largest absolute Gasteiger partial charge is 0.205 e. The minimum atomic E-state index is -0.409. The molecule has 1 aromatic heterocycles. The number of nitriles is 1. The third-order valence-electron chi connectivity index (χ3n) is 2.01. The van der Waals surface area contributed by atoms with Crippen molar-refractivity contribution in [2.24, 2.45) is 0 Å². The number of fused-ring (bicyclic) bond motifs is 1. The van der Waals surface area contributed by atoms with Gasteiger partial charge >= 0.3 is 0 Å². The Balaban J connectivity index is 2.89. The van der Waals surface area contributed by atoms with Crippen molar-refractivity contribution in [3.63, 3.8) is 0 Å². The van der Waals surface area contributed by atoms with Gasteiger partial charge in [0.2, 0.25) is 0 Å². The summed E-state index contributed by atoms with van der Waals surface area (Å²) in [4.78, 5) is 0. The minimum Gasteiger partial charge on any atom is -0.205 e. The van der Waals surface area contributed by atoms with E-state index in [0.29, 0.717) is 10.7 Å². The molecule has 14 heavy (non-hydrogen) atoms. The fourth-order valence-electron chi connectivity index (χ4n) is 1.36. The number of rotatable bonds is 1. The van der Waals surface area contributed by atoms with Crippen LogP contribution >= 0.6 is 27.3 Å². The van der Waals surface area contributed by atoms with E-state index < -0.39 is 5.82 Å². The van der Waals surface area contributed by atoms with Crippen LogP contribution in [0.2, 0.25) is 0 Å². The van der Waals surface area contributed by atoms with Crippen molar-refractivity contribution < 1.29 is 4.39 Å². The van der Waals surface area contributed by atoms with E-state index >= 15 is 0 Å². The molecular formula is C10H5BrFNS. The van der Waals surface area contributed by atoms with E-state index in [1.807, 2.05) is 11.4 Å². The molecule has 0 atom stereocenters. The Morgan fingerprint density at radius 2 is 2.36 bits per heavy atom. The van der Waals surface area contributed by atoms with Crippen LogP contribution in [0.3, 0.4) is 0 Å². The molecule has 0 spiro atoms. The zero-order valence-electron chi connectivity index (χ0n) is 7.05. The Kier molecular flexibility index (Phi) is 2.53. The summed E-state index contributed by atoms with van der Waals surface area (Å²) in [6, 6.07) is 5.17. The van der Waals surface area contributed by atoms with E-state index in [9.17, 15) is 4.39 Å². The molecule has 0 aliphatic rings. The predicted molar refractivity (Wildman–Crippen MR) is 59.1 cm³/mol. The first-order chi connectivity index (χ1) is 6.77. The molecule has 70 valence electrons. The third kappa shape index (κ3) is 1.33. The molecule has 1 nitrogen and oxygen atoms in total. The van der Waals surface area contributed by atoms with Gasteiger partial charge in [-0.25, -0.2) is 4.39 Å². The second kappa shape index (κ2) is 3.68. The smallest absolute Gasteiger partial charge is 0.149 e. The normalized spacial score (nSPS) is 10.4. The van der Waals surface area contributed by atoms with Crippen molar-refractivity contribution in [3.8, 4) is 6.07 Å². The zero-order valence-corrected chi connectivity index (χ0v) is 9.45. The van der Waals surface area contributed by atoms with Crippen molar-refractivity contribution >= 4 is 37.4 Å². The van der Waals surface area contributed by atoms with Crippen molar-refractivity contribution in [2.75, 3.05) is 0 Å².